The third-order valence-electron chi connectivity index (χ3n) is 3.88. The van der Waals surface area contributed by atoms with Crippen LogP contribution in [0.25, 0.3) is 0 Å². The molecule has 1 rings (SSSR count). The van der Waals surface area contributed by atoms with Crippen LogP contribution in [-0.2, 0) is 9.47 Å². The molecule has 1 saturated heterocycles. The smallest absolute Gasteiger partial charge is 0.103 e. The quantitative estimate of drug-likeness (QED) is 0.696. The Balaban J connectivity index is 2.25. The average Bonchev–Trinajstić information content (AvgIpc) is 2.46. The minimum absolute atomic E-state index is 0.00192. The van der Waals surface area contributed by atoms with Crippen LogP contribution in [0.4, 0.5) is 0 Å². The predicted octanol–water partition coefficient (Wildman–Crippen LogP) is 0.319. The molecule has 0 spiro atoms. The van der Waals surface area contributed by atoms with Crippen molar-refractivity contribution in [1.82, 2.24) is 9.80 Å². The van der Waals surface area contributed by atoms with Crippen LogP contribution in [0, 0.1) is 11.3 Å². The Kier molecular flexibility index (Phi) is 7.57. The molecule has 0 aliphatic carbocycles. The van der Waals surface area contributed by atoms with Gasteiger partial charge >= 0.3 is 0 Å². The number of nitriles is 1. The largest absolute Gasteiger partial charge is 0.389 e. The molecule has 122 valence electrons. The SMILES string of the molecule is COCC(C)OCC(O)CN1CCN(C(C)(C)C#N)CC1. The van der Waals surface area contributed by atoms with E-state index in [0.717, 1.165) is 26.2 Å². The van der Waals surface area contributed by atoms with Crippen LogP contribution in [0.2, 0.25) is 0 Å². The first-order valence-corrected chi connectivity index (χ1v) is 7.56. The van der Waals surface area contributed by atoms with Crippen molar-refractivity contribution in [3.05, 3.63) is 0 Å². The molecule has 0 saturated carbocycles. The van der Waals surface area contributed by atoms with Crippen LogP contribution in [-0.4, -0.2) is 85.7 Å². The van der Waals surface area contributed by atoms with E-state index in [9.17, 15) is 5.11 Å². The Bertz CT molecular complexity index is 336. The Morgan fingerprint density at radius 2 is 1.86 bits per heavy atom. The normalized spacial score (nSPS) is 21.0. The van der Waals surface area contributed by atoms with Crippen molar-refractivity contribution in [2.45, 2.75) is 38.5 Å². The van der Waals surface area contributed by atoms with Crippen molar-refractivity contribution in [3.63, 3.8) is 0 Å². The van der Waals surface area contributed by atoms with Gasteiger partial charge in [0, 0.05) is 39.8 Å². The minimum Gasteiger partial charge on any atom is -0.389 e. The summed E-state index contributed by atoms with van der Waals surface area (Å²) >= 11 is 0. The standard InChI is InChI=1S/C15H29N3O3/c1-13(10-20-4)21-11-14(19)9-17-5-7-18(8-6-17)15(2,3)12-16/h13-14,19H,5-11H2,1-4H3. The number of rotatable bonds is 8. The molecule has 0 radical (unpaired) electrons. The van der Waals surface area contributed by atoms with E-state index in [1.807, 2.05) is 20.8 Å². The van der Waals surface area contributed by atoms with Gasteiger partial charge in [-0.3, -0.25) is 9.80 Å². The van der Waals surface area contributed by atoms with E-state index >= 15 is 0 Å². The Labute approximate surface area is 128 Å². The van der Waals surface area contributed by atoms with Crippen molar-refractivity contribution >= 4 is 0 Å². The number of hydrogen-bond donors (Lipinski definition) is 1. The van der Waals surface area contributed by atoms with Gasteiger partial charge in [-0.05, 0) is 20.8 Å². The van der Waals surface area contributed by atoms with Crippen LogP contribution >= 0.6 is 0 Å². The highest BCUT2D eigenvalue weighted by molar-refractivity contribution is 5.02. The molecular formula is C15H29N3O3. The molecule has 0 amide bonds. The molecule has 21 heavy (non-hydrogen) atoms. The molecule has 2 atom stereocenters. The molecule has 1 aliphatic rings. The Morgan fingerprint density at radius 3 is 2.38 bits per heavy atom. The number of aliphatic hydroxyl groups excluding tert-OH is 1. The van der Waals surface area contributed by atoms with Gasteiger partial charge in [0.2, 0.25) is 0 Å². The van der Waals surface area contributed by atoms with Crippen LogP contribution in [0.1, 0.15) is 20.8 Å². The first kappa shape index (κ1) is 18.3. The minimum atomic E-state index is -0.486. The summed E-state index contributed by atoms with van der Waals surface area (Å²) in [6, 6.07) is 2.34. The van der Waals surface area contributed by atoms with E-state index in [-0.39, 0.29) is 6.10 Å². The Hall–Kier alpha value is -0.710. The molecule has 6 nitrogen and oxygen atoms in total. The molecule has 0 bridgehead atoms. The van der Waals surface area contributed by atoms with E-state index in [4.69, 9.17) is 14.7 Å². The number of piperazine rings is 1. The first-order valence-electron chi connectivity index (χ1n) is 7.56. The lowest BCUT2D eigenvalue weighted by molar-refractivity contribution is -0.0442. The molecule has 1 N–H and O–H groups in total. The second kappa shape index (κ2) is 8.66. The van der Waals surface area contributed by atoms with Gasteiger partial charge < -0.3 is 14.6 Å². The lowest BCUT2D eigenvalue weighted by Crippen LogP contribution is -2.55. The fourth-order valence-corrected chi connectivity index (χ4v) is 2.47. The van der Waals surface area contributed by atoms with Crippen LogP contribution in [0.15, 0.2) is 0 Å². The third-order valence-corrected chi connectivity index (χ3v) is 3.88. The second-order valence-corrected chi connectivity index (χ2v) is 6.21. The van der Waals surface area contributed by atoms with Gasteiger partial charge in [0.15, 0.2) is 0 Å². The van der Waals surface area contributed by atoms with Crippen LogP contribution in [0.5, 0.6) is 0 Å². The molecule has 1 fully saturated rings. The van der Waals surface area contributed by atoms with E-state index < -0.39 is 11.6 Å². The van der Waals surface area contributed by atoms with Crippen molar-refractivity contribution in [1.29, 1.82) is 5.26 Å². The van der Waals surface area contributed by atoms with Crippen molar-refractivity contribution in [2.24, 2.45) is 0 Å². The number of methoxy groups -OCH3 is 1. The van der Waals surface area contributed by atoms with Gasteiger partial charge in [0.05, 0.1) is 31.5 Å². The van der Waals surface area contributed by atoms with E-state index in [1.54, 1.807) is 7.11 Å². The monoisotopic (exact) mass is 299 g/mol. The molecule has 0 aromatic rings. The topological polar surface area (TPSA) is 69.0 Å². The molecule has 1 heterocycles. The summed E-state index contributed by atoms with van der Waals surface area (Å²) in [6.07, 6.45) is -0.488. The number of ether oxygens (including phenoxy) is 2. The van der Waals surface area contributed by atoms with Crippen molar-refractivity contribution in [3.8, 4) is 6.07 Å². The van der Waals surface area contributed by atoms with Crippen molar-refractivity contribution < 1.29 is 14.6 Å². The van der Waals surface area contributed by atoms with Gasteiger partial charge in [-0.15, -0.1) is 0 Å². The summed E-state index contributed by atoms with van der Waals surface area (Å²) in [6.45, 7) is 10.8. The highest BCUT2D eigenvalue weighted by Gasteiger charge is 2.30. The maximum Gasteiger partial charge on any atom is 0.103 e. The molecule has 2 unspecified atom stereocenters. The van der Waals surface area contributed by atoms with Gasteiger partial charge in [-0.2, -0.15) is 5.26 Å². The van der Waals surface area contributed by atoms with Gasteiger partial charge in [-0.25, -0.2) is 0 Å². The first-order chi connectivity index (χ1) is 9.89. The molecular weight excluding hydrogens is 270 g/mol. The summed E-state index contributed by atoms with van der Waals surface area (Å²) in [7, 11) is 1.64. The zero-order valence-electron chi connectivity index (χ0n) is 13.7. The number of nitrogens with zero attached hydrogens (tertiary/aromatic N) is 3. The van der Waals surface area contributed by atoms with Crippen LogP contribution < -0.4 is 0 Å². The van der Waals surface area contributed by atoms with Gasteiger partial charge in [0.25, 0.3) is 0 Å². The van der Waals surface area contributed by atoms with Gasteiger partial charge in [0.1, 0.15) is 5.54 Å². The molecule has 0 aromatic heterocycles. The van der Waals surface area contributed by atoms with Crippen LogP contribution in [0.3, 0.4) is 0 Å². The summed E-state index contributed by atoms with van der Waals surface area (Å²) < 4.78 is 10.5. The second-order valence-electron chi connectivity index (χ2n) is 6.21. The maximum atomic E-state index is 10.0. The molecule has 6 heteroatoms. The third kappa shape index (κ3) is 6.29. The summed E-state index contributed by atoms with van der Waals surface area (Å²) in [5, 5.41) is 19.2. The maximum absolute atomic E-state index is 10.0. The summed E-state index contributed by atoms with van der Waals surface area (Å²) in [4.78, 5) is 4.41. The fourth-order valence-electron chi connectivity index (χ4n) is 2.47. The lowest BCUT2D eigenvalue weighted by Gasteiger charge is -2.41. The molecule has 0 aromatic carbocycles. The fraction of sp³-hybridized carbons (Fsp3) is 0.933. The predicted molar refractivity (Wildman–Crippen MR) is 81.0 cm³/mol. The number of hydrogen-bond acceptors (Lipinski definition) is 6. The van der Waals surface area contributed by atoms with E-state index in [0.29, 0.717) is 19.8 Å². The zero-order chi connectivity index (χ0) is 15.9. The summed E-state index contributed by atoms with van der Waals surface area (Å²) in [5.74, 6) is 0. The van der Waals surface area contributed by atoms with Gasteiger partial charge in [-0.1, -0.05) is 0 Å². The van der Waals surface area contributed by atoms with E-state index in [1.165, 1.54) is 0 Å². The number of aliphatic hydroxyl groups is 1. The zero-order valence-corrected chi connectivity index (χ0v) is 13.7. The van der Waals surface area contributed by atoms with E-state index in [2.05, 4.69) is 15.9 Å². The summed E-state index contributed by atoms with van der Waals surface area (Å²) in [5.41, 5.74) is -0.413. The highest BCUT2D eigenvalue weighted by atomic mass is 16.5. The van der Waals surface area contributed by atoms with Crippen molar-refractivity contribution in [2.75, 3.05) is 53.0 Å². The molecule has 1 aliphatic heterocycles. The number of β-amino-alcohol motifs (C(OH)–C–C–N with tert-alkyl or cyclic N) is 1. The lowest BCUT2D eigenvalue weighted by atomic mass is 10.0. The average molecular weight is 299 g/mol. The highest BCUT2D eigenvalue weighted by Crippen LogP contribution is 2.15. The Morgan fingerprint density at radius 1 is 1.24 bits per heavy atom.